The van der Waals surface area contributed by atoms with Crippen molar-refractivity contribution < 1.29 is 9.84 Å². The molecule has 0 radical (unpaired) electrons. The first kappa shape index (κ1) is 17.0. The van der Waals surface area contributed by atoms with Crippen molar-refractivity contribution in [2.75, 3.05) is 0 Å². The van der Waals surface area contributed by atoms with Gasteiger partial charge in [-0.05, 0) is 24.6 Å². The minimum absolute atomic E-state index is 0.182. The van der Waals surface area contributed by atoms with Crippen LogP contribution in [0.15, 0.2) is 33.9 Å². The normalized spacial score (nSPS) is 11.2. The van der Waals surface area contributed by atoms with Crippen molar-refractivity contribution in [2.45, 2.75) is 20.1 Å². The first-order valence-corrected chi connectivity index (χ1v) is 7.93. The fraction of sp³-hybridized carbons (Fsp3) is 0.333. The molecule has 1 aromatic carbocycles. The number of aryl methyl sites for hydroxylation is 3. The van der Waals surface area contributed by atoms with Gasteiger partial charge in [0.15, 0.2) is 0 Å². The Bertz CT molecular complexity index is 1070. The van der Waals surface area contributed by atoms with Crippen LogP contribution in [0, 0.1) is 6.92 Å². The number of ether oxygens (including phenoxy) is 1. The molecule has 0 unspecified atom stereocenters. The third-order valence-corrected chi connectivity index (χ3v) is 4.53. The molecule has 3 aromatic rings. The number of aliphatic hydroxyl groups is 1. The smallest absolute Gasteiger partial charge is 0.332 e. The van der Waals surface area contributed by atoms with Crippen LogP contribution in [0.1, 0.15) is 16.8 Å². The maximum absolute atomic E-state index is 12.5. The van der Waals surface area contributed by atoms with Crippen molar-refractivity contribution in [3.63, 3.8) is 0 Å². The van der Waals surface area contributed by atoms with Crippen LogP contribution in [-0.2, 0) is 34.4 Å². The zero-order chi connectivity index (χ0) is 18.3. The summed E-state index contributed by atoms with van der Waals surface area (Å²) >= 11 is 0. The standard InChI is InChI=1S/C18H21N3O4/c1-11-6-5-7-12(8-11)25-10-14-13(9-22)15-16(19(14)2)20(3)18(24)21(4)17(15)23/h5-8,22H,9-10H2,1-4H3. The Kier molecular flexibility index (Phi) is 4.26. The zero-order valence-electron chi connectivity index (χ0n) is 14.7. The van der Waals surface area contributed by atoms with Gasteiger partial charge in [-0.1, -0.05) is 12.1 Å². The van der Waals surface area contributed by atoms with E-state index in [4.69, 9.17) is 4.74 Å². The molecule has 7 nitrogen and oxygen atoms in total. The largest absolute Gasteiger partial charge is 0.487 e. The average molecular weight is 343 g/mol. The fourth-order valence-electron chi connectivity index (χ4n) is 3.18. The first-order chi connectivity index (χ1) is 11.9. The Morgan fingerprint density at radius 2 is 1.80 bits per heavy atom. The van der Waals surface area contributed by atoms with Crippen LogP contribution in [0.2, 0.25) is 0 Å². The number of nitrogens with zero attached hydrogens (tertiary/aromatic N) is 3. The van der Waals surface area contributed by atoms with E-state index in [1.807, 2.05) is 31.2 Å². The molecule has 0 spiro atoms. The minimum Gasteiger partial charge on any atom is -0.487 e. The summed E-state index contributed by atoms with van der Waals surface area (Å²) in [6.45, 7) is 1.85. The SMILES string of the molecule is Cc1cccc(OCc2c(CO)c3c(=O)n(C)c(=O)n(C)c3n2C)c1. The van der Waals surface area contributed by atoms with Crippen LogP contribution < -0.4 is 16.0 Å². The summed E-state index contributed by atoms with van der Waals surface area (Å²) in [5.41, 5.74) is 1.88. The summed E-state index contributed by atoms with van der Waals surface area (Å²) in [6.07, 6.45) is 0. The summed E-state index contributed by atoms with van der Waals surface area (Å²) in [6, 6.07) is 7.64. The molecule has 0 saturated heterocycles. The highest BCUT2D eigenvalue weighted by atomic mass is 16.5. The number of aromatic nitrogens is 3. The maximum atomic E-state index is 12.5. The molecule has 2 heterocycles. The van der Waals surface area contributed by atoms with Gasteiger partial charge in [-0.15, -0.1) is 0 Å². The quantitative estimate of drug-likeness (QED) is 0.765. The van der Waals surface area contributed by atoms with Crippen LogP contribution in [0.5, 0.6) is 5.75 Å². The van der Waals surface area contributed by atoms with Gasteiger partial charge < -0.3 is 14.4 Å². The Hall–Kier alpha value is -2.80. The van der Waals surface area contributed by atoms with Crippen LogP contribution in [0.25, 0.3) is 11.0 Å². The van der Waals surface area contributed by atoms with E-state index in [-0.39, 0.29) is 13.2 Å². The van der Waals surface area contributed by atoms with Crippen molar-refractivity contribution in [1.82, 2.24) is 13.7 Å². The third kappa shape index (κ3) is 2.66. The summed E-state index contributed by atoms with van der Waals surface area (Å²) in [4.78, 5) is 24.7. The van der Waals surface area contributed by atoms with Crippen LogP contribution in [0.3, 0.4) is 0 Å². The van der Waals surface area contributed by atoms with Gasteiger partial charge in [0.1, 0.15) is 18.0 Å². The molecule has 25 heavy (non-hydrogen) atoms. The molecule has 0 aliphatic heterocycles. The molecule has 0 amide bonds. The monoisotopic (exact) mass is 343 g/mol. The average Bonchev–Trinajstić information content (AvgIpc) is 2.88. The zero-order valence-corrected chi connectivity index (χ0v) is 14.7. The van der Waals surface area contributed by atoms with E-state index in [0.717, 1.165) is 10.1 Å². The Balaban J connectivity index is 2.17. The second-order valence-electron chi connectivity index (χ2n) is 6.15. The van der Waals surface area contributed by atoms with Gasteiger partial charge in [0.25, 0.3) is 5.56 Å². The Morgan fingerprint density at radius 1 is 1.08 bits per heavy atom. The van der Waals surface area contributed by atoms with Gasteiger partial charge in [-0.25, -0.2) is 4.79 Å². The van der Waals surface area contributed by atoms with Crippen molar-refractivity contribution in [1.29, 1.82) is 0 Å². The first-order valence-electron chi connectivity index (χ1n) is 7.93. The van der Waals surface area contributed by atoms with Crippen molar-refractivity contribution in [3.05, 3.63) is 61.9 Å². The van der Waals surface area contributed by atoms with Crippen molar-refractivity contribution in [2.24, 2.45) is 21.1 Å². The molecule has 3 rings (SSSR count). The lowest BCUT2D eigenvalue weighted by Crippen LogP contribution is -2.37. The second-order valence-corrected chi connectivity index (χ2v) is 6.15. The van der Waals surface area contributed by atoms with E-state index in [9.17, 15) is 14.7 Å². The molecule has 0 bridgehead atoms. The molecular weight excluding hydrogens is 322 g/mol. The van der Waals surface area contributed by atoms with Crippen molar-refractivity contribution in [3.8, 4) is 5.75 Å². The third-order valence-electron chi connectivity index (χ3n) is 4.53. The number of hydrogen-bond donors (Lipinski definition) is 1. The van der Waals surface area contributed by atoms with Crippen LogP contribution in [0.4, 0.5) is 0 Å². The Morgan fingerprint density at radius 3 is 2.44 bits per heavy atom. The molecule has 7 heteroatoms. The van der Waals surface area contributed by atoms with E-state index in [1.165, 1.54) is 11.6 Å². The molecule has 1 N–H and O–H groups in total. The molecular formula is C18H21N3O4. The van der Waals surface area contributed by atoms with E-state index >= 15 is 0 Å². The topological polar surface area (TPSA) is 78.4 Å². The van der Waals surface area contributed by atoms with Gasteiger partial charge >= 0.3 is 5.69 Å². The lowest BCUT2D eigenvalue weighted by molar-refractivity contribution is 0.267. The van der Waals surface area contributed by atoms with E-state index in [0.29, 0.717) is 28.0 Å². The lowest BCUT2D eigenvalue weighted by Gasteiger charge is -2.10. The highest BCUT2D eigenvalue weighted by Gasteiger charge is 2.21. The van der Waals surface area contributed by atoms with Crippen LogP contribution >= 0.6 is 0 Å². The maximum Gasteiger partial charge on any atom is 0.332 e. The molecule has 132 valence electrons. The number of hydrogen-bond acceptors (Lipinski definition) is 4. The van der Waals surface area contributed by atoms with Crippen LogP contribution in [-0.4, -0.2) is 18.8 Å². The fourth-order valence-corrected chi connectivity index (χ4v) is 3.18. The van der Waals surface area contributed by atoms with Gasteiger partial charge in [-0.3, -0.25) is 13.9 Å². The molecule has 0 aliphatic rings. The summed E-state index contributed by atoms with van der Waals surface area (Å²) in [5.74, 6) is 0.705. The molecule has 2 aromatic heterocycles. The number of benzene rings is 1. The number of fused-ring (bicyclic) bond motifs is 1. The highest BCUT2D eigenvalue weighted by Crippen LogP contribution is 2.23. The number of rotatable bonds is 4. The van der Waals surface area contributed by atoms with E-state index < -0.39 is 11.2 Å². The van der Waals surface area contributed by atoms with Gasteiger partial charge in [0.2, 0.25) is 0 Å². The molecule has 0 atom stereocenters. The predicted octanol–water partition coefficient (Wildman–Crippen LogP) is 0.955. The second kappa shape index (κ2) is 6.25. The predicted molar refractivity (Wildman–Crippen MR) is 94.8 cm³/mol. The van der Waals surface area contributed by atoms with E-state index in [1.54, 1.807) is 18.7 Å². The summed E-state index contributed by atoms with van der Waals surface area (Å²) in [7, 11) is 4.80. The van der Waals surface area contributed by atoms with Gasteiger partial charge in [0.05, 0.1) is 17.7 Å². The number of aliphatic hydroxyl groups excluding tert-OH is 1. The minimum atomic E-state index is -0.417. The highest BCUT2D eigenvalue weighted by molar-refractivity contribution is 5.81. The van der Waals surface area contributed by atoms with E-state index in [2.05, 4.69) is 0 Å². The molecule has 0 aliphatic carbocycles. The summed E-state index contributed by atoms with van der Waals surface area (Å²) in [5, 5.41) is 10.2. The van der Waals surface area contributed by atoms with Gasteiger partial charge in [0, 0.05) is 26.7 Å². The molecule has 0 fully saturated rings. The summed E-state index contributed by atoms with van der Waals surface area (Å²) < 4.78 is 10.0. The molecule has 0 saturated carbocycles. The Labute approximate surface area is 144 Å². The van der Waals surface area contributed by atoms with Gasteiger partial charge in [-0.2, -0.15) is 0 Å². The van der Waals surface area contributed by atoms with Crippen molar-refractivity contribution >= 4 is 11.0 Å². The lowest BCUT2D eigenvalue weighted by atomic mass is 10.2.